The van der Waals surface area contributed by atoms with Gasteiger partial charge in [0, 0.05) is 12.7 Å². The third kappa shape index (κ3) is 2.42. The van der Waals surface area contributed by atoms with E-state index in [-0.39, 0.29) is 0 Å². The Kier molecular flexibility index (Phi) is 4.86. The van der Waals surface area contributed by atoms with E-state index in [0.717, 1.165) is 16.8 Å². The molecule has 0 heterocycles. The molecule has 0 bridgehead atoms. The predicted molar refractivity (Wildman–Crippen MR) is 55.9 cm³/mol. The van der Waals surface area contributed by atoms with Gasteiger partial charge in [-0.25, -0.2) is 0 Å². The molecule has 66 valence electrons. The maximum atomic E-state index is 3.76. The van der Waals surface area contributed by atoms with Crippen LogP contribution in [-0.2, 0) is 0 Å². The second-order valence-corrected chi connectivity index (χ2v) is 2.46. The first-order valence-corrected chi connectivity index (χ1v) is 4.01. The van der Waals surface area contributed by atoms with Crippen LogP contribution in [0.5, 0.6) is 0 Å². The monoisotopic (exact) mass is 163 g/mol. The van der Waals surface area contributed by atoms with Gasteiger partial charge in [-0.15, -0.1) is 0 Å². The SMILES string of the molecule is C=C/C(C)=C(C=C)\C(=C/C)NC. The zero-order valence-electron chi connectivity index (χ0n) is 8.15. The molecule has 0 spiro atoms. The number of likely N-dealkylation sites (N-methyl/N-ethyl adjacent to an activating group) is 1. The summed E-state index contributed by atoms with van der Waals surface area (Å²) in [6, 6.07) is 0. The molecular formula is C11H17N. The molecule has 0 rings (SSSR count). The van der Waals surface area contributed by atoms with Gasteiger partial charge < -0.3 is 5.32 Å². The Morgan fingerprint density at radius 1 is 1.25 bits per heavy atom. The Balaban J connectivity index is 5.02. The van der Waals surface area contributed by atoms with Crippen LogP contribution in [0.25, 0.3) is 0 Å². The fraction of sp³-hybridized carbons (Fsp3) is 0.273. The van der Waals surface area contributed by atoms with E-state index in [1.165, 1.54) is 0 Å². The third-order valence-electron chi connectivity index (χ3n) is 1.78. The van der Waals surface area contributed by atoms with E-state index in [0.29, 0.717) is 0 Å². The summed E-state index contributed by atoms with van der Waals surface area (Å²) in [5.74, 6) is 0. The number of hydrogen-bond donors (Lipinski definition) is 1. The van der Waals surface area contributed by atoms with Gasteiger partial charge in [-0.3, -0.25) is 0 Å². The molecule has 0 aliphatic rings. The number of allylic oxidation sites excluding steroid dienone is 4. The molecule has 0 aliphatic carbocycles. The Morgan fingerprint density at radius 3 is 2.08 bits per heavy atom. The van der Waals surface area contributed by atoms with Crippen molar-refractivity contribution in [2.24, 2.45) is 0 Å². The van der Waals surface area contributed by atoms with Gasteiger partial charge in [-0.1, -0.05) is 31.4 Å². The highest BCUT2D eigenvalue weighted by Crippen LogP contribution is 2.13. The molecule has 0 saturated carbocycles. The maximum absolute atomic E-state index is 3.76. The molecule has 1 heteroatoms. The molecule has 0 aliphatic heterocycles. The molecule has 0 atom stereocenters. The Labute approximate surface area is 75.2 Å². The lowest BCUT2D eigenvalue weighted by atomic mass is 10.1. The predicted octanol–water partition coefficient (Wildman–Crippen LogP) is 2.80. The van der Waals surface area contributed by atoms with E-state index in [1.807, 2.05) is 39.1 Å². The molecule has 0 aromatic carbocycles. The van der Waals surface area contributed by atoms with Gasteiger partial charge in [0.2, 0.25) is 0 Å². The quantitative estimate of drug-likeness (QED) is 0.628. The van der Waals surface area contributed by atoms with Crippen LogP contribution in [0, 0.1) is 0 Å². The Hall–Kier alpha value is -1.24. The fourth-order valence-corrected chi connectivity index (χ4v) is 1.03. The van der Waals surface area contributed by atoms with Crippen molar-refractivity contribution >= 4 is 0 Å². The molecular weight excluding hydrogens is 146 g/mol. The summed E-state index contributed by atoms with van der Waals surface area (Å²) in [6.07, 6.45) is 5.69. The van der Waals surface area contributed by atoms with Crippen LogP contribution in [0.15, 0.2) is 48.2 Å². The number of hydrogen-bond acceptors (Lipinski definition) is 1. The van der Waals surface area contributed by atoms with Crippen LogP contribution < -0.4 is 5.32 Å². The highest BCUT2D eigenvalue weighted by Gasteiger charge is 1.99. The van der Waals surface area contributed by atoms with Crippen LogP contribution in [0.1, 0.15) is 13.8 Å². The summed E-state index contributed by atoms with van der Waals surface area (Å²) in [7, 11) is 1.90. The van der Waals surface area contributed by atoms with Gasteiger partial charge in [0.25, 0.3) is 0 Å². The molecule has 1 nitrogen and oxygen atoms in total. The van der Waals surface area contributed by atoms with E-state index >= 15 is 0 Å². The third-order valence-corrected chi connectivity index (χ3v) is 1.78. The van der Waals surface area contributed by atoms with Gasteiger partial charge in [0.15, 0.2) is 0 Å². The molecule has 0 amide bonds. The first-order valence-electron chi connectivity index (χ1n) is 4.01. The number of rotatable bonds is 4. The van der Waals surface area contributed by atoms with Gasteiger partial charge in [0.1, 0.15) is 0 Å². The highest BCUT2D eigenvalue weighted by atomic mass is 14.8. The molecule has 1 N–H and O–H groups in total. The average molecular weight is 163 g/mol. The van der Waals surface area contributed by atoms with Crippen molar-refractivity contribution in [2.75, 3.05) is 7.05 Å². The summed E-state index contributed by atoms with van der Waals surface area (Å²) in [4.78, 5) is 0. The molecule has 0 radical (unpaired) electrons. The highest BCUT2D eigenvalue weighted by molar-refractivity contribution is 5.43. The van der Waals surface area contributed by atoms with Crippen molar-refractivity contribution in [3.63, 3.8) is 0 Å². The van der Waals surface area contributed by atoms with Gasteiger partial charge in [-0.05, 0) is 25.0 Å². The van der Waals surface area contributed by atoms with Gasteiger partial charge in [0.05, 0.1) is 0 Å². The summed E-state index contributed by atoms with van der Waals surface area (Å²) in [5, 5.41) is 3.10. The number of nitrogens with one attached hydrogen (secondary N) is 1. The summed E-state index contributed by atoms with van der Waals surface area (Å²) in [5.41, 5.74) is 3.32. The first kappa shape index (κ1) is 10.8. The lowest BCUT2D eigenvalue weighted by molar-refractivity contribution is 1.00. The van der Waals surface area contributed by atoms with Crippen LogP contribution in [0.4, 0.5) is 0 Å². The van der Waals surface area contributed by atoms with Crippen LogP contribution >= 0.6 is 0 Å². The van der Waals surface area contributed by atoms with Crippen molar-refractivity contribution in [3.05, 3.63) is 48.2 Å². The molecule has 0 aromatic heterocycles. The summed E-state index contributed by atoms with van der Waals surface area (Å²) in [6.45, 7) is 11.5. The zero-order valence-corrected chi connectivity index (χ0v) is 8.15. The largest absolute Gasteiger partial charge is 0.388 e. The van der Waals surface area contributed by atoms with Crippen molar-refractivity contribution in [1.29, 1.82) is 0 Å². The Morgan fingerprint density at radius 2 is 1.83 bits per heavy atom. The summed E-state index contributed by atoms with van der Waals surface area (Å²) >= 11 is 0. The average Bonchev–Trinajstić information content (AvgIpc) is 2.12. The normalized spacial score (nSPS) is 13.4. The van der Waals surface area contributed by atoms with Crippen LogP contribution in [-0.4, -0.2) is 7.05 Å². The van der Waals surface area contributed by atoms with Gasteiger partial charge >= 0.3 is 0 Å². The van der Waals surface area contributed by atoms with Gasteiger partial charge in [-0.2, -0.15) is 0 Å². The van der Waals surface area contributed by atoms with E-state index < -0.39 is 0 Å². The smallest absolute Gasteiger partial charge is 0.0370 e. The Bertz CT molecular complexity index is 231. The molecule has 0 fully saturated rings. The second-order valence-electron chi connectivity index (χ2n) is 2.46. The van der Waals surface area contributed by atoms with E-state index in [1.54, 1.807) is 0 Å². The lowest BCUT2D eigenvalue weighted by Gasteiger charge is -2.09. The summed E-state index contributed by atoms with van der Waals surface area (Å²) < 4.78 is 0. The minimum atomic E-state index is 1.09. The molecule has 12 heavy (non-hydrogen) atoms. The molecule has 0 aromatic rings. The first-order chi connectivity index (χ1) is 5.71. The molecule has 0 unspecified atom stereocenters. The van der Waals surface area contributed by atoms with Crippen molar-refractivity contribution in [1.82, 2.24) is 5.32 Å². The van der Waals surface area contributed by atoms with E-state index in [2.05, 4.69) is 18.5 Å². The lowest BCUT2D eigenvalue weighted by Crippen LogP contribution is -2.07. The van der Waals surface area contributed by atoms with Crippen LogP contribution in [0.3, 0.4) is 0 Å². The van der Waals surface area contributed by atoms with E-state index in [9.17, 15) is 0 Å². The van der Waals surface area contributed by atoms with E-state index in [4.69, 9.17) is 0 Å². The topological polar surface area (TPSA) is 12.0 Å². The van der Waals surface area contributed by atoms with Crippen molar-refractivity contribution in [2.45, 2.75) is 13.8 Å². The molecule has 0 saturated heterocycles. The minimum absolute atomic E-state index is 1.09. The van der Waals surface area contributed by atoms with Crippen LogP contribution in [0.2, 0.25) is 0 Å². The maximum Gasteiger partial charge on any atom is 0.0370 e. The standard InChI is InChI=1S/C11H17N/c1-6-9(4)10(7-2)11(8-3)12-5/h6-8,12H,1-2H2,3-5H3/b10-9-,11-8+. The zero-order chi connectivity index (χ0) is 9.56. The second kappa shape index (κ2) is 5.42. The minimum Gasteiger partial charge on any atom is -0.388 e. The fourth-order valence-electron chi connectivity index (χ4n) is 1.03. The van der Waals surface area contributed by atoms with Crippen molar-refractivity contribution < 1.29 is 0 Å². The van der Waals surface area contributed by atoms with Crippen molar-refractivity contribution in [3.8, 4) is 0 Å².